The molecular weight excluding hydrogens is 178 g/mol. The summed E-state index contributed by atoms with van der Waals surface area (Å²) in [6, 6.07) is 10.7. The largest absolute Gasteiger partial charge is 0.325 e. The van der Waals surface area contributed by atoms with Gasteiger partial charge in [-0.25, -0.2) is 0 Å². The summed E-state index contributed by atoms with van der Waals surface area (Å²) in [6.07, 6.45) is 0. The fourth-order valence-electron chi connectivity index (χ4n) is 0.897. The van der Waals surface area contributed by atoms with Crippen LogP contribution in [0.5, 0.6) is 0 Å². The van der Waals surface area contributed by atoms with Gasteiger partial charge in [-0.3, -0.25) is 4.79 Å². The zero-order chi connectivity index (χ0) is 10.4. The monoisotopic (exact) mass is 185 g/mol. The summed E-state index contributed by atoms with van der Waals surface area (Å²) >= 11 is 0. The number of rotatable bonds is 2. The number of benzene rings is 1. The van der Waals surface area contributed by atoms with E-state index in [2.05, 4.69) is 5.32 Å². The molecule has 0 aliphatic rings. The van der Waals surface area contributed by atoms with E-state index in [1.165, 1.54) is 0 Å². The van der Waals surface area contributed by atoms with Crippen molar-refractivity contribution >= 4 is 5.91 Å². The molecule has 1 aromatic carbocycles. The number of carbonyl (C=O) groups excluding carboxylic acids is 1. The van der Waals surface area contributed by atoms with Gasteiger partial charge in [0.15, 0.2) is 0 Å². The molecule has 0 heterocycles. The van der Waals surface area contributed by atoms with Gasteiger partial charge < -0.3 is 5.32 Å². The van der Waals surface area contributed by atoms with Gasteiger partial charge in [-0.2, -0.15) is 10.5 Å². The van der Waals surface area contributed by atoms with Crippen LogP contribution in [0.4, 0.5) is 0 Å². The van der Waals surface area contributed by atoms with E-state index in [0.29, 0.717) is 5.56 Å². The van der Waals surface area contributed by atoms with Gasteiger partial charge in [-0.1, -0.05) is 18.2 Å². The van der Waals surface area contributed by atoms with E-state index in [0.717, 1.165) is 0 Å². The van der Waals surface area contributed by atoms with Crippen LogP contribution in [0.15, 0.2) is 30.3 Å². The van der Waals surface area contributed by atoms with Crippen molar-refractivity contribution in [2.24, 2.45) is 0 Å². The molecule has 1 N–H and O–H groups in total. The highest BCUT2D eigenvalue weighted by Gasteiger charge is 2.10. The van der Waals surface area contributed by atoms with Gasteiger partial charge in [0.25, 0.3) is 5.91 Å². The Hall–Kier alpha value is -2.33. The number of nitriles is 2. The maximum absolute atomic E-state index is 11.4. The standard InChI is InChI=1S/C10H7N3O/c11-6-9(7-12)13-10(14)8-4-2-1-3-5-8/h1-5,9H,(H,13,14). The van der Waals surface area contributed by atoms with Gasteiger partial charge in [0.05, 0.1) is 0 Å². The second-order valence-electron chi connectivity index (χ2n) is 2.53. The normalized spacial score (nSPS) is 8.79. The summed E-state index contributed by atoms with van der Waals surface area (Å²) < 4.78 is 0. The van der Waals surface area contributed by atoms with Crippen LogP contribution < -0.4 is 5.32 Å². The number of amides is 1. The van der Waals surface area contributed by atoms with Crippen LogP contribution >= 0.6 is 0 Å². The second-order valence-corrected chi connectivity index (χ2v) is 2.53. The number of hydrogen-bond acceptors (Lipinski definition) is 3. The predicted molar refractivity (Wildman–Crippen MR) is 48.9 cm³/mol. The van der Waals surface area contributed by atoms with Crippen LogP contribution in [0.25, 0.3) is 0 Å². The molecule has 0 aliphatic heterocycles. The summed E-state index contributed by atoms with van der Waals surface area (Å²) in [4.78, 5) is 11.4. The molecule has 0 unspecified atom stereocenters. The first-order valence-electron chi connectivity index (χ1n) is 3.93. The number of nitrogens with zero attached hydrogens (tertiary/aromatic N) is 2. The van der Waals surface area contributed by atoms with Gasteiger partial charge in [0.1, 0.15) is 12.1 Å². The molecule has 4 heteroatoms. The third kappa shape index (κ3) is 2.33. The molecule has 0 radical (unpaired) electrons. The van der Waals surface area contributed by atoms with E-state index in [-0.39, 0.29) is 0 Å². The Bertz CT molecular complexity index is 386. The van der Waals surface area contributed by atoms with Crippen LogP contribution in [-0.4, -0.2) is 11.9 Å². The molecule has 1 aromatic rings. The molecule has 0 saturated carbocycles. The summed E-state index contributed by atoms with van der Waals surface area (Å²) in [5, 5.41) is 19.1. The lowest BCUT2D eigenvalue weighted by Gasteiger charge is -2.03. The second kappa shape index (κ2) is 4.64. The Labute approximate surface area is 81.4 Å². The quantitative estimate of drug-likeness (QED) is 0.741. The number of nitrogens with one attached hydrogen (secondary N) is 1. The minimum absolute atomic E-state index is 0.418. The summed E-state index contributed by atoms with van der Waals surface area (Å²) in [7, 11) is 0. The van der Waals surface area contributed by atoms with Crippen molar-refractivity contribution in [2.45, 2.75) is 6.04 Å². The minimum atomic E-state index is -1.09. The lowest BCUT2D eigenvalue weighted by Crippen LogP contribution is -2.32. The van der Waals surface area contributed by atoms with Gasteiger partial charge >= 0.3 is 0 Å². The minimum Gasteiger partial charge on any atom is -0.325 e. The van der Waals surface area contributed by atoms with Crippen molar-refractivity contribution in [3.63, 3.8) is 0 Å². The average Bonchev–Trinajstić information content (AvgIpc) is 2.26. The highest BCUT2D eigenvalue weighted by atomic mass is 16.1. The SMILES string of the molecule is N#CC(C#N)NC(=O)c1ccccc1. The van der Waals surface area contributed by atoms with Crippen molar-refractivity contribution in [2.75, 3.05) is 0 Å². The summed E-state index contributed by atoms with van der Waals surface area (Å²) in [5.41, 5.74) is 0.433. The fraction of sp³-hybridized carbons (Fsp3) is 0.100. The molecule has 0 aliphatic carbocycles. The van der Waals surface area contributed by atoms with Crippen molar-refractivity contribution in [3.05, 3.63) is 35.9 Å². The van der Waals surface area contributed by atoms with Gasteiger partial charge in [0.2, 0.25) is 6.04 Å². The molecule has 0 saturated heterocycles. The molecule has 0 aromatic heterocycles. The van der Waals surface area contributed by atoms with Crippen LogP contribution in [0.3, 0.4) is 0 Å². The van der Waals surface area contributed by atoms with Crippen LogP contribution in [0, 0.1) is 22.7 Å². The predicted octanol–water partition coefficient (Wildman–Crippen LogP) is 0.832. The zero-order valence-corrected chi connectivity index (χ0v) is 7.27. The third-order valence-electron chi connectivity index (χ3n) is 1.57. The van der Waals surface area contributed by atoms with E-state index in [1.807, 2.05) is 0 Å². The third-order valence-corrected chi connectivity index (χ3v) is 1.57. The average molecular weight is 185 g/mol. The van der Waals surface area contributed by atoms with Crippen LogP contribution in [-0.2, 0) is 0 Å². The molecule has 4 nitrogen and oxygen atoms in total. The molecule has 1 rings (SSSR count). The maximum Gasteiger partial charge on any atom is 0.253 e. The smallest absolute Gasteiger partial charge is 0.253 e. The number of carbonyl (C=O) groups is 1. The van der Waals surface area contributed by atoms with Gasteiger partial charge in [0, 0.05) is 5.56 Å². The van der Waals surface area contributed by atoms with Crippen molar-refractivity contribution < 1.29 is 4.79 Å². The van der Waals surface area contributed by atoms with E-state index < -0.39 is 11.9 Å². The molecule has 1 amide bonds. The van der Waals surface area contributed by atoms with Crippen molar-refractivity contribution in [1.82, 2.24) is 5.32 Å². The Kier molecular flexibility index (Phi) is 3.23. The zero-order valence-electron chi connectivity index (χ0n) is 7.27. The fourth-order valence-corrected chi connectivity index (χ4v) is 0.897. The summed E-state index contributed by atoms with van der Waals surface area (Å²) in [5.74, 6) is -0.418. The lowest BCUT2D eigenvalue weighted by molar-refractivity contribution is 0.0951. The Balaban J connectivity index is 2.71. The molecule has 0 bridgehead atoms. The molecule has 68 valence electrons. The van der Waals surface area contributed by atoms with Crippen LogP contribution in [0.1, 0.15) is 10.4 Å². The molecular formula is C10H7N3O. The van der Waals surface area contributed by atoms with Crippen LogP contribution in [0.2, 0.25) is 0 Å². The van der Waals surface area contributed by atoms with Crippen molar-refractivity contribution in [3.8, 4) is 12.1 Å². The Morgan fingerprint density at radius 2 is 1.79 bits per heavy atom. The van der Waals surface area contributed by atoms with Gasteiger partial charge in [-0.05, 0) is 12.1 Å². The highest BCUT2D eigenvalue weighted by Crippen LogP contribution is 1.98. The highest BCUT2D eigenvalue weighted by molar-refractivity contribution is 5.94. The Morgan fingerprint density at radius 3 is 2.29 bits per heavy atom. The molecule has 0 atom stereocenters. The Morgan fingerprint density at radius 1 is 1.21 bits per heavy atom. The van der Waals surface area contributed by atoms with Crippen molar-refractivity contribution in [1.29, 1.82) is 10.5 Å². The first kappa shape index (κ1) is 9.76. The number of hydrogen-bond donors (Lipinski definition) is 1. The molecule has 0 fully saturated rings. The van der Waals surface area contributed by atoms with E-state index in [4.69, 9.17) is 10.5 Å². The first-order chi connectivity index (χ1) is 6.77. The van der Waals surface area contributed by atoms with E-state index in [9.17, 15) is 4.79 Å². The summed E-state index contributed by atoms with van der Waals surface area (Å²) in [6.45, 7) is 0. The molecule has 0 spiro atoms. The lowest BCUT2D eigenvalue weighted by atomic mass is 10.2. The van der Waals surface area contributed by atoms with E-state index in [1.54, 1.807) is 42.5 Å². The van der Waals surface area contributed by atoms with Gasteiger partial charge in [-0.15, -0.1) is 0 Å². The maximum atomic E-state index is 11.4. The molecule has 14 heavy (non-hydrogen) atoms. The topological polar surface area (TPSA) is 76.7 Å². The van der Waals surface area contributed by atoms with E-state index >= 15 is 0 Å². The first-order valence-corrected chi connectivity index (χ1v) is 3.93.